The molecule has 1 amide bonds. The van der Waals surface area contributed by atoms with Gasteiger partial charge in [-0.3, -0.25) is 4.79 Å². The van der Waals surface area contributed by atoms with Gasteiger partial charge >= 0.3 is 0 Å². The van der Waals surface area contributed by atoms with Gasteiger partial charge in [0.05, 0.1) is 0 Å². The molecule has 0 radical (unpaired) electrons. The Morgan fingerprint density at radius 2 is 2.00 bits per heavy atom. The minimum Gasteiger partial charge on any atom is -0.326 e. The van der Waals surface area contributed by atoms with Crippen molar-refractivity contribution in [3.05, 3.63) is 29.8 Å². The third-order valence-corrected chi connectivity index (χ3v) is 3.04. The zero-order chi connectivity index (χ0) is 12.8. The number of carbonyl (C=O) groups is 1. The lowest BCUT2D eigenvalue weighted by Gasteiger charge is -2.14. The summed E-state index contributed by atoms with van der Waals surface area (Å²) in [5.74, 6) is 0.186. The summed E-state index contributed by atoms with van der Waals surface area (Å²) in [5.41, 5.74) is 7.68. The summed E-state index contributed by atoms with van der Waals surface area (Å²) in [6.45, 7) is 6.00. The summed E-state index contributed by atoms with van der Waals surface area (Å²) >= 11 is 0. The van der Waals surface area contributed by atoms with Crippen molar-refractivity contribution in [3.8, 4) is 0 Å². The first kappa shape index (κ1) is 13.7. The molecule has 17 heavy (non-hydrogen) atoms. The maximum Gasteiger partial charge on any atom is 0.227 e. The van der Waals surface area contributed by atoms with Crippen molar-refractivity contribution >= 4 is 11.6 Å². The zero-order valence-electron chi connectivity index (χ0n) is 10.9. The molecule has 0 bridgehead atoms. The van der Waals surface area contributed by atoms with Crippen LogP contribution in [0.15, 0.2) is 24.3 Å². The van der Waals surface area contributed by atoms with Crippen molar-refractivity contribution in [2.45, 2.75) is 39.7 Å². The molecule has 0 spiro atoms. The van der Waals surface area contributed by atoms with Gasteiger partial charge in [-0.15, -0.1) is 0 Å². The number of carbonyl (C=O) groups excluding carboxylic acids is 1. The van der Waals surface area contributed by atoms with Crippen molar-refractivity contribution in [1.29, 1.82) is 0 Å². The van der Waals surface area contributed by atoms with Crippen LogP contribution in [0.5, 0.6) is 0 Å². The van der Waals surface area contributed by atoms with Gasteiger partial charge in [-0.2, -0.15) is 0 Å². The Hall–Kier alpha value is -1.35. The summed E-state index contributed by atoms with van der Waals surface area (Å²) in [7, 11) is 0. The molecule has 3 heteroatoms. The highest BCUT2D eigenvalue weighted by molar-refractivity contribution is 5.92. The molecule has 1 aromatic rings. The van der Waals surface area contributed by atoms with Crippen LogP contribution < -0.4 is 11.1 Å². The fourth-order valence-corrected chi connectivity index (χ4v) is 1.80. The van der Waals surface area contributed by atoms with Crippen LogP contribution in [0.3, 0.4) is 0 Å². The van der Waals surface area contributed by atoms with Gasteiger partial charge in [0, 0.05) is 17.6 Å². The first-order valence-electron chi connectivity index (χ1n) is 6.24. The Bertz CT molecular complexity index is 370. The number of benzene rings is 1. The largest absolute Gasteiger partial charge is 0.326 e. The Balaban J connectivity index is 2.74. The Morgan fingerprint density at radius 3 is 2.53 bits per heavy atom. The van der Waals surface area contributed by atoms with E-state index in [-0.39, 0.29) is 17.9 Å². The molecule has 3 nitrogen and oxygen atoms in total. The van der Waals surface area contributed by atoms with E-state index in [2.05, 4.69) is 5.32 Å². The molecular formula is C14H22N2O. The fraction of sp³-hybridized carbons (Fsp3) is 0.500. The minimum absolute atomic E-state index is 0.0139. The van der Waals surface area contributed by atoms with E-state index >= 15 is 0 Å². The van der Waals surface area contributed by atoms with Crippen LogP contribution in [0.2, 0.25) is 0 Å². The molecule has 0 aliphatic carbocycles. The third kappa shape index (κ3) is 3.86. The molecule has 1 aromatic carbocycles. The van der Waals surface area contributed by atoms with E-state index in [1.807, 2.05) is 45.0 Å². The van der Waals surface area contributed by atoms with Crippen LogP contribution in [-0.4, -0.2) is 5.91 Å². The molecule has 0 aliphatic heterocycles. The average molecular weight is 234 g/mol. The van der Waals surface area contributed by atoms with Gasteiger partial charge in [-0.05, 0) is 37.5 Å². The number of amides is 1. The van der Waals surface area contributed by atoms with E-state index in [1.165, 1.54) is 0 Å². The van der Waals surface area contributed by atoms with E-state index in [0.717, 1.165) is 24.1 Å². The van der Waals surface area contributed by atoms with Crippen molar-refractivity contribution in [1.82, 2.24) is 0 Å². The van der Waals surface area contributed by atoms with Gasteiger partial charge in [0.25, 0.3) is 0 Å². The van der Waals surface area contributed by atoms with Crippen molar-refractivity contribution < 1.29 is 4.79 Å². The van der Waals surface area contributed by atoms with Crippen molar-refractivity contribution in [3.63, 3.8) is 0 Å². The number of hydrogen-bond acceptors (Lipinski definition) is 2. The van der Waals surface area contributed by atoms with E-state index in [4.69, 9.17) is 5.73 Å². The molecule has 0 heterocycles. The summed E-state index contributed by atoms with van der Waals surface area (Å²) < 4.78 is 0. The Morgan fingerprint density at radius 1 is 1.35 bits per heavy atom. The summed E-state index contributed by atoms with van der Waals surface area (Å²) in [6, 6.07) is 7.70. The molecule has 1 unspecified atom stereocenters. The standard InChI is InChI=1S/C14H22N2O/c1-4-11(5-2)14(17)16-13-8-6-7-12(9-13)10(3)15/h6-11H,4-5,15H2,1-3H3,(H,16,17). The average Bonchev–Trinajstić information content (AvgIpc) is 2.30. The van der Waals surface area contributed by atoms with E-state index < -0.39 is 0 Å². The topological polar surface area (TPSA) is 55.1 Å². The number of anilines is 1. The molecule has 3 N–H and O–H groups in total. The Labute approximate surface area is 103 Å². The second-order valence-electron chi connectivity index (χ2n) is 4.42. The molecular weight excluding hydrogens is 212 g/mol. The number of nitrogens with two attached hydrogens (primary N) is 1. The summed E-state index contributed by atoms with van der Waals surface area (Å²) in [5, 5.41) is 2.94. The van der Waals surface area contributed by atoms with Gasteiger partial charge in [0.2, 0.25) is 5.91 Å². The summed E-state index contributed by atoms with van der Waals surface area (Å²) in [6.07, 6.45) is 1.74. The molecule has 1 rings (SSSR count). The maximum atomic E-state index is 11.9. The van der Waals surface area contributed by atoms with Gasteiger partial charge < -0.3 is 11.1 Å². The highest BCUT2D eigenvalue weighted by Crippen LogP contribution is 2.17. The Kier molecular flexibility index (Phi) is 5.16. The van der Waals surface area contributed by atoms with Gasteiger partial charge in [-0.1, -0.05) is 26.0 Å². The van der Waals surface area contributed by atoms with Gasteiger partial charge in [0.15, 0.2) is 0 Å². The molecule has 0 saturated carbocycles. The molecule has 0 fully saturated rings. The molecule has 0 aromatic heterocycles. The number of rotatable bonds is 5. The quantitative estimate of drug-likeness (QED) is 0.822. The predicted molar refractivity (Wildman–Crippen MR) is 71.7 cm³/mol. The highest BCUT2D eigenvalue weighted by Gasteiger charge is 2.14. The second kappa shape index (κ2) is 6.40. The van der Waals surface area contributed by atoms with E-state index in [0.29, 0.717) is 0 Å². The summed E-state index contributed by atoms with van der Waals surface area (Å²) in [4.78, 5) is 11.9. The van der Waals surface area contributed by atoms with Crippen molar-refractivity contribution in [2.24, 2.45) is 11.7 Å². The normalized spacial score (nSPS) is 12.5. The monoisotopic (exact) mass is 234 g/mol. The lowest BCUT2D eigenvalue weighted by molar-refractivity contribution is -0.120. The molecule has 0 saturated heterocycles. The first-order chi connectivity index (χ1) is 8.08. The molecule has 1 atom stereocenters. The number of hydrogen-bond donors (Lipinski definition) is 2. The second-order valence-corrected chi connectivity index (χ2v) is 4.42. The fourth-order valence-electron chi connectivity index (χ4n) is 1.80. The lowest BCUT2D eigenvalue weighted by atomic mass is 10.0. The van der Waals surface area contributed by atoms with E-state index in [9.17, 15) is 4.79 Å². The molecule has 94 valence electrons. The number of nitrogens with one attached hydrogen (secondary N) is 1. The maximum absolute atomic E-state index is 11.9. The van der Waals surface area contributed by atoms with Gasteiger partial charge in [-0.25, -0.2) is 0 Å². The van der Waals surface area contributed by atoms with Crippen LogP contribution in [0, 0.1) is 5.92 Å². The van der Waals surface area contributed by atoms with Crippen LogP contribution in [0.4, 0.5) is 5.69 Å². The van der Waals surface area contributed by atoms with Gasteiger partial charge in [0.1, 0.15) is 0 Å². The highest BCUT2D eigenvalue weighted by atomic mass is 16.1. The third-order valence-electron chi connectivity index (χ3n) is 3.04. The van der Waals surface area contributed by atoms with Crippen molar-refractivity contribution in [2.75, 3.05) is 5.32 Å². The smallest absolute Gasteiger partial charge is 0.227 e. The zero-order valence-corrected chi connectivity index (χ0v) is 10.9. The van der Waals surface area contributed by atoms with E-state index in [1.54, 1.807) is 0 Å². The predicted octanol–water partition coefficient (Wildman–Crippen LogP) is 3.08. The molecule has 0 aliphatic rings. The first-order valence-corrected chi connectivity index (χ1v) is 6.24. The minimum atomic E-state index is -0.0139. The van der Waals surface area contributed by atoms with Crippen LogP contribution in [0.25, 0.3) is 0 Å². The van der Waals surface area contributed by atoms with Crippen LogP contribution in [-0.2, 0) is 4.79 Å². The van der Waals surface area contributed by atoms with Crippen LogP contribution >= 0.6 is 0 Å². The lowest BCUT2D eigenvalue weighted by Crippen LogP contribution is -2.21. The van der Waals surface area contributed by atoms with Crippen LogP contribution in [0.1, 0.15) is 45.2 Å². The SMILES string of the molecule is CCC(CC)C(=O)Nc1cccc(C(C)N)c1.